The van der Waals surface area contributed by atoms with Gasteiger partial charge in [-0.2, -0.15) is 4.98 Å². The molecule has 0 saturated heterocycles. The smallest absolute Gasteiger partial charge is 0.298 e. The maximum atomic E-state index is 14.5. The Labute approximate surface area is 190 Å². The van der Waals surface area contributed by atoms with Crippen LogP contribution in [0.25, 0.3) is 0 Å². The molecule has 0 aliphatic carbocycles. The molecule has 1 aromatic heterocycles. The first-order valence-electron chi connectivity index (χ1n) is 10.5. The van der Waals surface area contributed by atoms with Crippen LogP contribution in [0.2, 0.25) is 0 Å². The van der Waals surface area contributed by atoms with Crippen molar-refractivity contribution in [1.29, 1.82) is 0 Å². The summed E-state index contributed by atoms with van der Waals surface area (Å²) in [5, 5.41) is 8.97. The number of anilines is 5. The summed E-state index contributed by atoms with van der Waals surface area (Å²) in [6.45, 7) is 3.49. The number of benzene rings is 2. The number of ether oxygens (including phenoxy) is 3. The average molecular weight is 453 g/mol. The second-order valence-corrected chi connectivity index (χ2v) is 7.15. The van der Waals surface area contributed by atoms with Crippen LogP contribution in [0.15, 0.2) is 42.6 Å². The lowest BCUT2D eigenvalue weighted by atomic mass is 10.0. The molecule has 0 spiro atoms. The van der Waals surface area contributed by atoms with Gasteiger partial charge in [-0.05, 0) is 43.3 Å². The van der Waals surface area contributed by atoms with E-state index in [-0.39, 0.29) is 17.9 Å². The monoisotopic (exact) mass is 453 g/mol. The lowest BCUT2D eigenvalue weighted by molar-refractivity contribution is -0.120. The van der Waals surface area contributed by atoms with Crippen LogP contribution >= 0.6 is 0 Å². The fourth-order valence-corrected chi connectivity index (χ4v) is 3.55. The fraction of sp³-hybridized carbons (Fsp3) is 0.261. The van der Waals surface area contributed by atoms with E-state index in [1.54, 1.807) is 31.3 Å². The number of hydrogen-bond acceptors (Lipinski definition) is 9. The summed E-state index contributed by atoms with van der Waals surface area (Å²) in [6, 6.07) is 10.5. The van der Waals surface area contributed by atoms with E-state index < -0.39 is 5.82 Å². The van der Waals surface area contributed by atoms with Crippen LogP contribution in [-0.4, -0.2) is 36.7 Å². The van der Waals surface area contributed by atoms with Crippen LogP contribution < -0.4 is 25.4 Å². The van der Waals surface area contributed by atoms with E-state index in [1.165, 1.54) is 0 Å². The second-order valence-electron chi connectivity index (χ2n) is 7.15. The molecule has 2 heterocycles. The van der Waals surface area contributed by atoms with Crippen molar-refractivity contribution in [2.24, 2.45) is 0 Å². The van der Waals surface area contributed by atoms with Crippen molar-refractivity contribution in [3.63, 3.8) is 0 Å². The van der Waals surface area contributed by atoms with Gasteiger partial charge in [-0.15, -0.1) is 0 Å². The molecule has 0 amide bonds. The zero-order valence-corrected chi connectivity index (χ0v) is 18.2. The van der Waals surface area contributed by atoms with Crippen LogP contribution in [0.5, 0.6) is 11.5 Å². The predicted molar refractivity (Wildman–Crippen MR) is 122 cm³/mol. The summed E-state index contributed by atoms with van der Waals surface area (Å²) < 4.78 is 30.9. The van der Waals surface area contributed by atoms with E-state index in [1.807, 2.05) is 19.1 Å². The minimum absolute atomic E-state index is 0.0203. The Bertz CT molecular complexity index is 1140. The van der Waals surface area contributed by atoms with Gasteiger partial charge in [0.1, 0.15) is 5.75 Å². The highest BCUT2D eigenvalue weighted by molar-refractivity contribution is 5.69. The first kappa shape index (κ1) is 22.3. The maximum Gasteiger partial charge on any atom is 0.298 e. The predicted octanol–water partition coefficient (Wildman–Crippen LogP) is 4.54. The number of aromatic nitrogens is 2. The first-order chi connectivity index (χ1) is 16.1. The van der Waals surface area contributed by atoms with Gasteiger partial charge in [0.05, 0.1) is 24.6 Å². The molecule has 3 aromatic rings. The molecule has 2 aromatic carbocycles. The second kappa shape index (κ2) is 10.1. The molecule has 9 nitrogen and oxygen atoms in total. The van der Waals surface area contributed by atoms with Gasteiger partial charge < -0.3 is 30.2 Å². The zero-order valence-electron chi connectivity index (χ0n) is 18.2. The molecule has 10 heteroatoms. The van der Waals surface area contributed by atoms with Crippen molar-refractivity contribution in [1.82, 2.24) is 9.97 Å². The Kier molecular flexibility index (Phi) is 6.84. The Hall–Kier alpha value is -3.92. The highest BCUT2D eigenvalue weighted by Crippen LogP contribution is 2.37. The SMILES string of the molecule is CCOC1CCOc2ccc(Nc3nc(Nc4ccc(OC=O)c(NC)c4)ncc3F)cc21. The molecule has 4 rings (SSSR count). The largest absolute Gasteiger partial charge is 0.493 e. The summed E-state index contributed by atoms with van der Waals surface area (Å²) in [5.41, 5.74) is 2.78. The van der Waals surface area contributed by atoms with Crippen molar-refractivity contribution < 1.29 is 23.4 Å². The number of fused-ring (bicyclic) bond motifs is 1. The average Bonchev–Trinajstić information content (AvgIpc) is 2.83. The minimum Gasteiger partial charge on any atom is -0.493 e. The lowest BCUT2D eigenvalue weighted by Crippen LogP contribution is -2.17. The number of carbonyl (C=O) groups excluding carboxylic acids is 1. The van der Waals surface area contributed by atoms with E-state index in [0.29, 0.717) is 42.5 Å². The number of rotatable bonds is 9. The number of hydrogen-bond donors (Lipinski definition) is 3. The van der Waals surface area contributed by atoms with Crippen LogP contribution in [-0.2, 0) is 9.53 Å². The third-order valence-electron chi connectivity index (χ3n) is 5.05. The van der Waals surface area contributed by atoms with Gasteiger partial charge in [0.2, 0.25) is 5.95 Å². The van der Waals surface area contributed by atoms with Crippen LogP contribution in [0.4, 0.5) is 33.2 Å². The number of halogens is 1. The summed E-state index contributed by atoms with van der Waals surface area (Å²) in [5.74, 6) is 0.757. The standard InChI is InChI=1S/C23H24FN5O4/c1-3-31-20-8-9-32-19-6-4-14(10-16(19)20)27-22-17(24)12-26-23(29-22)28-15-5-7-21(33-13-30)18(11-15)25-2/h4-7,10-13,20,25H,3,8-9H2,1-2H3,(H2,26,27,28,29). The van der Waals surface area contributed by atoms with Gasteiger partial charge >= 0.3 is 0 Å². The Morgan fingerprint density at radius 1 is 1.21 bits per heavy atom. The molecular weight excluding hydrogens is 429 g/mol. The molecule has 1 unspecified atom stereocenters. The molecule has 1 atom stereocenters. The first-order valence-corrected chi connectivity index (χ1v) is 10.5. The fourth-order valence-electron chi connectivity index (χ4n) is 3.55. The van der Waals surface area contributed by atoms with Crippen molar-refractivity contribution in [3.8, 4) is 11.5 Å². The van der Waals surface area contributed by atoms with E-state index in [9.17, 15) is 9.18 Å². The Morgan fingerprint density at radius 3 is 2.82 bits per heavy atom. The lowest BCUT2D eigenvalue weighted by Gasteiger charge is -2.26. The summed E-state index contributed by atoms with van der Waals surface area (Å²) in [7, 11) is 1.70. The molecule has 1 aliphatic rings. The molecule has 172 valence electrons. The Morgan fingerprint density at radius 2 is 2.03 bits per heavy atom. The molecular formula is C23H24FN5O4. The van der Waals surface area contributed by atoms with Gasteiger partial charge in [-0.25, -0.2) is 9.37 Å². The molecule has 0 fully saturated rings. The van der Waals surface area contributed by atoms with Crippen LogP contribution in [0, 0.1) is 5.82 Å². The van der Waals surface area contributed by atoms with Gasteiger partial charge in [0.15, 0.2) is 17.4 Å². The van der Waals surface area contributed by atoms with Crippen LogP contribution in [0.3, 0.4) is 0 Å². The van der Waals surface area contributed by atoms with E-state index in [2.05, 4.69) is 25.9 Å². The highest BCUT2D eigenvalue weighted by Gasteiger charge is 2.22. The highest BCUT2D eigenvalue weighted by atomic mass is 19.1. The number of nitrogens with one attached hydrogen (secondary N) is 3. The van der Waals surface area contributed by atoms with E-state index >= 15 is 0 Å². The molecule has 0 bridgehead atoms. The summed E-state index contributed by atoms with van der Waals surface area (Å²) in [4.78, 5) is 18.9. The van der Waals surface area contributed by atoms with Crippen molar-refractivity contribution in [2.45, 2.75) is 19.4 Å². The summed E-state index contributed by atoms with van der Waals surface area (Å²) in [6.07, 6.45) is 1.77. The summed E-state index contributed by atoms with van der Waals surface area (Å²) >= 11 is 0. The molecule has 0 radical (unpaired) electrons. The van der Waals surface area contributed by atoms with Crippen molar-refractivity contribution in [3.05, 3.63) is 54.0 Å². The van der Waals surface area contributed by atoms with Gasteiger partial charge in [0.25, 0.3) is 6.47 Å². The minimum atomic E-state index is -0.596. The van der Waals surface area contributed by atoms with Gasteiger partial charge in [-0.1, -0.05) is 0 Å². The Balaban J connectivity index is 1.55. The van der Waals surface area contributed by atoms with Crippen LogP contribution in [0.1, 0.15) is 25.0 Å². The quantitative estimate of drug-likeness (QED) is 0.403. The topological polar surface area (TPSA) is 107 Å². The number of nitrogens with zero attached hydrogens (tertiary/aromatic N) is 2. The number of carbonyl (C=O) groups is 1. The molecule has 33 heavy (non-hydrogen) atoms. The maximum absolute atomic E-state index is 14.5. The van der Waals surface area contributed by atoms with Gasteiger partial charge in [-0.3, -0.25) is 4.79 Å². The van der Waals surface area contributed by atoms with Gasteiger partial charge in [0, 0.05) is 37.0 Å². The molecule has 1 aliphatic heterocycles. The molecule has 0 saturated carbocycles. The van der Waals surface area contributed by atoms with Crippen molar-refractivity contribution in [2.75, 3.05) is 36.2 Å². The van der Waals surface area contributed by atoms with Crippen molar-refractivity contribution >= 4 is 35.3 Å². The third-order valence-corrected chi connectivity index (χ3v) is 5.05. The molecule has 3 N–H and O–H groups in total. The zero-order chi connectivity index (χ0) is 23.2. The van der Waals surface area contributed by atoms with E-state index in [0.717, 1.165) is 23.9 Å². The van der Waals surface area contributed by atoms with E-state index in [4.69, 9.17) is 14.2 Å². The normalized spacial score (nSPS) is 14.6. The third kappa shape index (κ3) is 5.12.